The van der Waals surface area contributed by atoms with E-state index in [0.29, 0.717) is 48.6 Å². The number of benzene rings is 2. The topological polar surface area (TPSA) is 148 Å². The Kier molecular flexibility index (Phi) is 15.5. The monoisotopic (exact) mass is 777 g/mol. The zero-order valence-corrected chi connectivity index (χ0v) is 32.5. The van der Waals surface area contributed by atoms with Crippen LogP contribution in [-0.2, 0) is 20.9 Å². The minimum atomic E-state index is -1.53. The number of ether oxygens (including phenoxy) is 4. The summed E-state index contributed by atoms with van der Waals surface area (Å²) >= 11 is 0. The molecule has 3 N–H and O–H groups in total. The van der Waals surface area contributed by atoms with Crippen molar-refractivity contribution in [3.8, 4) is 11.5 Å². The number of fused-ring (bicyclic) bond motifs is 2. The SMILES string of the molecule is C=CCCOC(=O)N(Cc1ccc(F)cc1)[C@H]1CC(=NOC)C2=C[C@H](CCCCO)[C@@H](CCCCO)[C@@H]3c4cc(OC(=O)NCC)ccc4O[C@@]1(OCC=C)[C@H]23. The lowest BCUT2D eigenvalue weighted by atomic mass is 9.55. The van der Waals surface area contributed by atoms with Crippen LogP contribution in [0.4, 0.5) is 14.0 Å². The van der Waals surface area contributed by atoms with E-state index in [-0.39, 0.29) is 57.1 Å². The highest BCUT2D eigenvalue weighted by Gasteiger charge is 2.65. The molecule has 13 heteroatoms. The first kappa shape index (κ1) is 42.4. The number of hydrogen-bond donors (Lipinski definition) is 3. The van der Waals surface area contributed by atoms with Crippen molar-refractivity contribution in [1.82, 2.24) is 10.2 Å². The fourth-order valence-electron chi connectivity index (χ4n) is 8.51. The Balaban J connectivity index is 1.77. The standard InChI is InChI=1S/C43H56FN3O9/c1-5-8-24-53-42(51)47(28-29-15-17-31(44)18-16-29)38-27-36(46-52-4)34-25-30(13-9-11-21-48)33(14-10-12-22-49)39-35-26-32(55-41(50)45-7-3)19-20-37(35)56-43(38,40(34)39)54-23-6-2/h5-6,15-20,25-26,30,33,38-40,48-49H,1-2,7-14,21-24,27-28H2,3-4H3,(H,45,50)/t30-,33+,38-,39+,40+,43+/m0/s1. The molecule has 2 aromatic rings. The van der Waals surface area contributed by atoms with E-state index in [2.05, 4.69) is 29.7 Å². The highest BCUT2D eigenvalue weighted by atomic mass is 19.1. The number of halogens is 1. The van der Waals surface area contributed by atoms with Gasteiger partial charge in [-0.1, -0.05) is 48.4 Å². The molecule has 0 bridgehead atoms. The molecule has 2 amide bonds. The normalized spacial score (nSPS) is 24.1. The summed E-state index contributed by atoms with van der Waals surface area (Å²) in [6, 6.07) is 10.4. The Morgan fingerprint density at radius 2 is 1.82 bits per heavy atom. The van der Waals surface area contributed by atoms with Gasteiger partial charge in [-0.2, -0.15) is 0 Å². The average molecular weight is 778 g/mol. The Hall–Kier alpha value is -4.72. The number of allylic oxidation sites excluding steroid dienone is 1. The minimum Gasteiger partial charge on any atom is -0.459 e. The van der Waals surface area contributed by atoms with Crippen molar-refractivity contribution >= 4 is 17.9 Å². The fraction of sp³-hybridized carbons (Fsp3) is 0.512. The maximum absolute atomic E-state index is 14.4. The van der Waals surface area contributed by atoms with Crippen molar-refractivity contribution < 1.29 is 48.0 Å². The number of hydrogen-bond acceptors (Lipinski definition) is 10. The van der Waals surface area contributed by atoms with Gasteiger partial charge in [0, 0.05) is 44.2 Å². The molecule has 304 valence electrons. The Labute approximate surface area is 329 Å². The smallest absolute Gasteiger partial charge is 0.412 e. The van der Waals surface area contributed by atoms with Gasteiger partial charge in [-0.25, -0.2) is 14.0 Å². The molecule has 2 aliphatic carbocycles. The van der Waals surface area contributed by atoms with E-state index in [9.17, 15) is 24.2 Å². The quantitative estimate of drug-likeness (QED) is 0.0710. The largest absolute Gasteiger partial charge is 0.459 e. The molecule has 0 spiro atoms. The van der Waals surface area contributed by atoms with Crippen LogP contribution in [0.25, 0.3) is 0 Å². The lowest BCUT2D eigenvalue weighted by Gasteiger charge is -2.59. The van der Waals surface area contributed by atoms with Crippen molar-refractivity contribution in [3.05, 3.63) is 96.4 Å². The molecule has 0 saturated heterocycles. The van der Waals surface area contributed by atoms with Crippen molar-refractivity contribution in [1.29, 1.82) is 0 Å². The first-order valence-electron chi connectivity index (χ1n) is 19.6. The molecule has 5 rings (SSSR count). The highest BCUT2D eigenvalue weighted by molar-refractivity contribution is 6.03. The lowest BCUT2D eigenvalue weighted by Crippen LogP contribution is -2.70. The average Bonchev–Trinajstić information content (AvgIpc) is 3.19. The van der Waals surface area contributed by atoms with E-state index in [4.69, 9.17) is 23.8 Å². The van der Waals surface area contributed by atoms with Gasteiger partial charge < -0.3 is 39.3 Å². The van der Waals surface area contributed by atoms with E-state index in [1.54, 1.807) is 41.3 Å². The zero-order valence-electron chi connectivity index (χ0n) is 32.5. The molecular formula is C43H56FN3O9. The predicted octanol–water partition coefficient (Wildman–Crippen LogP) is 7.41. The molecule has 3 aliphatic rings. The molecule has 56 heavy (non-hydrogen) atoms. The summed E-state index contributed by atoms with van der Waals surface area (Å²) in [7, 11) is 1.48. The molecule has 2 aromatic carbocycles. The molecule has 1 aliphatic heterocycles. The van der Waals surface area contributed by atoms with Crippen molar-refractivity contribution in [3.63, 3.8) is 0 Å². The second kappa shape index (κ2) is 20.4. The number of oxime groups is 1. The third kappa shape index (κ3) is 9.62. The highest BCUT2D eigenvalue weighted by Crippen LogP contribution is 2.62. The summed E-state index contributed by atoms with van der Waals surface area (Å²) in [6.07, 6.45) is 9.20. The number of aliphatic hydroxyl groups is 2. The number of unbranched alkanes of at least 4 members (excludes halogenated alkanes) is 2. The number of amides is 2. The summed E-state index contributed by atoms with van der Waals surface area (Å²) in [4.78, 5) is 34.1. The molecule has 0 radical (unpaired) electrons. The number of carbonyl (C=O) groups excluding carboxylic acids is 2. The van der Waals surface area contributed by atoms with Gasteiger partial charge in [0.15, 0.2) is 0 Å². The van der Waals surface area contributed by atoms with E-state index in [0.717, 1.165) is 36.8 Å². The molecule has 0 aromatic heterocycles. The third-order valence-corrected chi connectivity index (χ3v) is 10.8. The van der Waals surface area contributed by atoms with E-state index < -0.39 is 35.8 Å². The maximum atomic E-state index is 14.4. The molecule has 1 heterocycles. The van der Waals surface area contributed by atoms with Crippen LogP contribution in [0.3, 0.4) is 0 Å². The number of nitrogens with one attached hydrogen (secondary N) is 1. The summed E-state index contributed by atoms with van der Waals surface area (Å²) < 4.78 is 39.8. The summed E-state index contributed by atoms with van der Waals surface area (Å²) in [5, 5.41) is 26.9. The van der Waals surface area contributed by atoms with E-state index in [1.165, 1.54) is 19.2 Å². The van der Waals surface area contributed by atoms with Gasteiger partial charge in [0.1, 0.15) is 30.5 Å². The van der Waals surface area contributed by atoms with Crippen molar-refractivity contribution in [2.75, 3.05) is 40.1 Å². The van der Waals surface area contributed by atoms with E-state index in [1.807, 2.05) is 13.0 Å². The summed E-state index contributed by atoms with van der Waals surface area (Å²) in [5.41, 5.74) is 2.92. The molecule has 1 fully saturated rings. The van der Waals surface area contributed by atoms with Crippen LogP contribution in [-0.4, -0.2) is 84.9 Å². The predicted molar refractivity (Wildman–Crippen MR) is 210 cm³/mol. The Morgan fingerprint density at radius 3 is 2.50 bits per heavy atom. The maximum Gasteiger partial charge on any atom is 0.412 e. The van der Waals surface area contributed by atoms with Gasteiger partial charge in [0.25, 0.3) is 0 Å². The minimum absolute atomic E-state index is 0.0188. The van der Waals surface area contributed by atoms with Gasteiger partial charge in [-0.05, 0) is 92.3 Å². The van der Waals surface area contributed by atoms with Gasteiger partial charge in [-0.3, -0.25) is 4.90 Å². The first-order chi connectivity index (χ1) is 27.2. The van der Waals surface area contributed by atoms with Crippen LogP contribution in [0.2, 0.25) is 0 Å². The second-order valence-corrected chi connectivity index (χ2v) is 14.3. The number of rotatable bonds is 20. The summed E-state index contributed by atoms with van der Waals surface area (Å²) in [6.45, 7) is 10.2. The second-order valence-electron chi connectivity index (χ2n) is 14.3. The van der Waals surface area contributed by atoms with Crippen LogP contribution in [0.1, 0.15) is 75.3 Å². The van der Waals surface area contributed by atoms with Crippen molar-refractivity contribution in [2.45, 2.75) is 82.6 Å². The van der Waals surface area contributed by atoms with Gasteiger partial charge >= 0.3 is 12.2 Å². The fourth-order valence-corrected chi connectivity index (χ4v) is 8.51. The molecule has 1 saturated carbocycles. The third-order valence-electron chi connectivity index (χ3n) is 10.8. The van der Waals surface area contributed by atoms with Crippen molar-refractivity contribution in [2.24, 2.45) is 22.9 Å². The number of carbonyl (C=O) groups is 2. The summed E-state index contributed by atoms with van der Waals surface area (Å²) in [5.74, 6) is -2.02. The van der Waals surface area contributed by atoms with Gasteiger partial charge in [-0.15, -0.1) is 13.2 Å². The molecule has 0 unspecified atom stereocenters. The Bertz CT molecular complexity index is 1720. The zero-order chi connectivity index (χ0) is 40.1. The van der Waals surface area contributed by atoms with Crippen LogP contribution >= 0.6 is 0 Å². The molecule has 12 nitrogen and oxygen atoms in total. The Morgan fingerprint density at radius 1 is 1.07 bits per heavy atom. The van der Waals surface area contributed by atoms with Crippen LogP contribution in [0.15, 0.2) is 84.6 Å². The van der Waals surface area contributed by atoms with E-state index >= 15 is 0 Å². The molecule has 6 atom stereocenters. The lowest BCUT2D eigenvalue weighted by molar-refractivity contribution is -0.256. The number of aliphatic hydroxyl groups excluding tert-OH is 2. The van der Waals surface area contributed by atoms with Gasteiger partial charge in [0.05, 0.1) is 24.8 Å². The van der Waals surface area contributed by atoms with Crippen LogP contribution in [0.5, 0.6) is 11.5 Å². The number of nitrogens with zero attached hydrogens (tertiary/aromatic N) is 2. The molecular weight excluding hydrogens is 721 g/mol. The van der Waals surface area contributed by atoms with Crippen LogP contribution in [0, 0.1) is 23.6 Å². The first-order valence-corrected chi connectivity index (χ1v) is 19.6. The van der Waals surface area contributed by atoms with Crippen LogP contribution < -0.4 is 14.8 Å². The van der Waals surface area contributed by atoms with Gasteiger partial charge in [0.2, 0.25) is 5.79 Å².